The molecule has 0 N–H and O–H groups in total. The van der Waals surface area contributed by atoms with Crippen molar-refractivity contribution < 1.29 is 4.79 Å². The lowest BCUT2D eigenvalue weighted by Gasteiger charge is -2.20. The Hall–Kier alpha value is -3.95. The van der Waals surface area contributed by atoms with Crippen LogP contribution in [0.4, 0.5) is 0 Å². The number of amides is 1. The van der Waals surface area contributed by atoms with Crippen LogP contribution in [0, 0.1) is 6.92 Å². The Balaban J connectivity index is 1.42. The molecule has 0 radical (unpaired) electrons. The second-order valence-corrected chi connectivity index (χ2v) is 8.53. The van der Waals surface area contributed by atoms with Crippen molar-refractivity contribution in [1.29, 1.82) is 0 Å². The second-order valence-electron chi connectivity index (χ2n) is 8.53. The first kappa shape index (κ1) is 20.9. The average molecular weight is 447 g/mol. The Bertz CT molecular complexity index is 1500. The minimum absolute atomic E-state index is 0.0250. The molecule has 0 atom stereocenters. The van der Waals surface area contributed by atoms with Crippen LogP contribution >= 0.6 is 0 Å². The average Bonchev–Trinajstić information content (AvgIpc) is 3.34. The van der Waals surface area contributed by atoms with Gasteiger partial charge < -0.3 is 9.47 Å². The number of benzene rings is 1. The van der Waals surface area contributed by atoms with Crippen LogP contribution in [0.1, 0.15) is 17.7 Å². The molecule has 0 saturated heterocycles. The first-order chi connectivity index (χ1) is 15.8. The van der Waals surface area contributed by atoms with E-state index in [0.29, 0.717) is 13.1 Å². The van der Waals surface area contributed by atoms with Gasteiger partial charge >= 0.3 is 5.69 Å². The third kappa shape index (κ3) is 3.57. The van der Waals surface area contributed by atoms with E-state index in [2.05, 4.69) is 24.0 Å². The van der Waals surface area contributed by atoms with E-state index >= 15 is 0 Å². The Labute approximate surface area is 189 Å². The summed E-state index contributed by atoms with van der Waals surface area (Å²) >= 11 is 0. The highest BCUT2D eigenvalue weighted by Crippen LogP contribution is 2.23. The highest BCUT2D eigenvalue weighted by molar-refractivity contribution is 5.79. The van der Waals surface area contributed by atoms with Gasteiger partial charge in [0.15, 0.2) is 11.2 Å². The van der Waals surface area contributed by atoms with Gasteiger partial charge in [-0.05, 0) is 25.5 Å². The first-order valence-electron chi connectivity index (χ1n) is 10.9. The van der Waals surface area contributed by atoms with Crippen molar-refractivity contribution in [3.05, 3.63) is 68.8 Å². The summed E-state index contributed by atoms with van der Waals surface area (Å²) in [6, 6.07) is 10.2. The van der Waals surface area contributed by atoms with Gasteiger partial charge in [0, 0.05) is 32.7 Å². The van der Waals surface area contributed by atoms with E-state index in [1.165, 1.54) is 28.1 Å². The van der Waals surface area contributed by atoms with Crippen molar-refractivity contribution >= 4 is 17.1 Å². The van der Waals surface area contributed by atoms with Gasteiger partial charge in [0.05, 0.1) is 24.3 Å². The zero-order valence-corrected chi connectivity index (χ0v) is 18.9. The molecular weight excluding hydrogens is 422 g/mol. The third-order valence-electron chi connectivity index (χ3n) is 6.20. The largest absolute Gasteiger partial charge is 0.335 e. The third-order valence-corrected chi connectivity index (χ3v) is 6.20. The molecule has 0 unspecified atom stereocenters. The molecular formula is C23H25N7O3. The molecule has 10 nitrogen and oxygen atoms in total. The van der Waals surface area contributed by atoms with Gasteiger partial charge in [-0.15, -0.1) is 0 Å². The fraction of sp³-hybridized carbons (Fsp3) is 0.348. The summed E-state index contributed by atoms with van der Waals surface area (Å²) in [5, 5.41) is 4.76. The number of fused-ring (bicyclic) bond motifs is 2. The van der Waals surface area contributed by atoms with E-state index in [0.717, 1.165) is 34.5 Å². The van der Waals surface area contributed by atoms with E-state index < -0.39 is 11.2 Å². The van der Waals surface area contributed by atoms with Crippen molar-refractivity contribution in [2.24, 2.45) is 14.1 Å². The lowest BCUT2D eigenvalue weighted by molar-refractivity contribution is -0.132. The van der Waals surface area contributed by atoms with Crippen molar-refractivity contribution in [1.82, 2.24) is 33.4 Å². The Morgan fingerprint density at radius 2 is 1.91 bits per heavy atom. The van der Waals surface area contributed by atoms with Gasteiger partial charge in [-0.2, -0.15) is 5.10 Å². The monoisotopic (exact) mass is 447 g/mol. The molecule has 0 saturated carbocycles. The summed E-state index contributed by atoms with van der Waals surface area (Å²) in [4.78, 5) is 44.0. The van der Waals surface area contributed by atoms with E-state index in [-0.39, 0.29) is 23.6 Å². The molecule has 0 bridgehead atoms. The van der Waals surface area contributed by atoms with Crippen LogP contribution < -0.4 is 11.2 Å². The van der Waals surface area contributed by atoms with E-state index in [1.54, 1.807) is 11.9 Å². The zero-order chi connectivity index (χ0) is 23.3. The number of carbonyl (C=O) groups excluding carboxylic acids is 1. The van der Waals surface area contributed by atoms with Gasteiger partial charge in [-0.3, -0.25) is 23.4 Å². The standard InChI is InChI=1S/C23H25N7O3/c1-15-6-4-7-16(10-15)18-11-17-12-28(8-5-9-30(17)25-18)19(31)13-29-14-24-21-20(29)22(32)27(3)23(33)26(21)2/h4,6-7,10-11,14H,5,8-9,12-13H2,1-3H3. The van der Waals surface area contributed by atoms with Crippen LogP contribution in [-0.4, -0.2) is 45.8 Å². The van der Waals surface area contributed by atoms with Crippen LogP contribution in [0.3, 0.4) is 0 Å². The Morgan fingerprint density at radius 3 is 2.70 bits per heavy atom. The first-order valence-corrected chi connectivity index (χ1v) is 10.9. The molecule has 0 spiro atoms. The predicted octanol–water partition coefficient (Wildman–Crippen LogP) is 1.04. The van der Waals surface area contributed by atoms with Crippen molar-refractivity contribution in [3.8, 4) is 11.3 Å². The lowest BCUT2D eigenvalue weighted by Crippen LogP contribution is -2.38. The molecule has 170 valence electrons. The Morgan fingerprint density at radius 1 is 1.09 bits per heavy atom. The predicted molar refractivity (Wildman–Crippen MR) is 123 cm³/mol. The second kappa shape index (κ2) is 7.88. The normalized spacial score (nSPS) is 13.8. The maximum Gasteiger partial charge on any atom is 0.332 e. The number of aromatic nitrogens is 6. The molecule has 33 heavy (non-hydrogen) atoms. The van der Waals surface area contributed by atoms with E-state index in [9.17, 15) is 14.4 Å². The molecule has 1 aliphatic rings. The van der Waals surface area contributed by atoms with Crippen LogP contribution in [0.15, 0.2) is 46.2 Å². The maximum atomic E-state index is 13.2. The summed E-state index contributed by atoms with van der Waals surface area (Å²) < 4.78 is 5.85. The minimum atomic E-state index is -0.463. The fourth-order valence-electron chi connectivity index (χ4n) is 4.38. The van der Waals surface area contributed by atoms with E-state index in [1.807, 2.05) is 22.9 Å². The van der Waals surface area contributed by atoms with Crippen molar-refractivity contribution in [2.45, 2.75) is 33.0 Å². The van der Waals surface area contributed by atoms with Gasteiger partial charge in [0.2, 0.25) is 5.91 Å². The molecule has 5 rings (SSSR count). The van der Waals surface area contributed by atoms with Crippen LogP contribution in [0.5, 0.6) is 0 Å². The molecule has 4 aromatic rings. The summed E-state index contributed by atoms with van der Waals surface area (Å²) in [6.45, 7) is 3.81. The molecule has 1 aromatic carbocycles. The summed E-state index contributed by atoms with van der Waals surface area (Å²) in [7, 11) is 2.98. The number of imidazole rings is 1. The summed E-state index contributed by atoms with van der Waals surface area (Å²) in [5.41, 5.74) is 3.70. The SMILES string of the molecule is Cc1cccc(-c2cc3n(n2)CCCN(C(=O)Cn2cnc4c2c(=O)n(C)c(=O)n4C)C3)c1. The zero-order valence-electron chi connectivity index (χ0n) is 18.9. The van der Waals surface area contributed by atoms with Crippen LogP contribution in [0.25, 0.3) is 22.4 Å². The molecule has 3 aromatic heterocycles. The van der Waals surface area contributed by atoms with Gasteiger partial charge in [0.1, 0.15) is 6.54 Å². The fourth-order valence-corrected chi connectivity index (χ4v) is 4.38. The van der Waals surface area contributed by atoms with Gasteiger partial charge in [-0.25, -0.2) is 9.78 Å². The van der Waals surface area contributed by atoms with Gasteiger partial charge in [-0.1, -0.05) is 23.8 Å². The number of hydrogen-bond acceptors (Lipinski definition) is 5. The van der Waals surface area contributed by atoms with Crippen molar-refractivity contribution in [2.75, 3.05) is 6.54 Å². The number of nitrogens with zero attached hydrogens (tertiary/aromatic N) is 7. The molecule has 1 amide bonds. The highest BCUT2D eigenvalue weighted by Gasteiger charge is 2.23. The topological polar surface area (TPSA) is 100.0 Å². The smallest absolute Gasteiger partial charge is 0.332 e. The molecule has 10 heteroatoms. The number of carbonyl (C=O) groups is 1. The van der Waals surface area contributed by atoms with Crippen LogP contribution in [0.2, 0.25) is 0 Å². The summed E-state index contributed by atoms with van der Waals surface area (Å²) in [5.74, 6) is -0.114. The number of hydrogen-bond donors (Lipinski definition) is 0. The summed E-state index contributed by atoms with van der Waals surface area (Å²) in [6.07, 6.45) is 2.23. The molecule has 0 fully saturated rings. The van der Waals surface area contributed by atoms with E-state index in [4.69, 9.17) is 5.10 Å². The lowest BCUT2D eigenvalue weighted by atomic mass is 10.1. The van der Waals surface area contributed by atoms with Crippen LogP contribution in [-0.2, 0) is 38.5 Å². The molecule has 0 aliphatic carbocycles. The maximum absolute atomic E-state index is 13.2. The van der Waals surface area contributed by atoms with Crippen molar-refractivity contribution in [3.63, 3.8) is 0 Å². The Kier molecular flexibility index (Phi) is 4.99. The quantitative estimate of drug-likeness (QED) is 0.467. The molecule has 1 aliphatic heterocycles. The van der Waals surface area contributed by atoms with Gasteiger partial charge in [0.25, 0.3) is 5.56 Å². The number of rotatable bonds is 3. The molecule has 4 heterocycles. The highest BCUT2D eigenvalue weighted by atomic mass is 16.2. The minimum Gasteiger partial charge on any atom is -0.335 e. The number of aryl methyl sites for hydroxylation is 3.